The number of H-pyrrole nitrogens is 1. The Bertz CT molecular complexity index is 1510. The topological polar surface area (TPSA) is 82.4 Å². The number of halogens is 1. The molecular weight excluding hydrogens is 404 g/mol. The molecule has 0 aliphatic heterocycles. The first kappa shape index (κ1) is 17.6. The van der Waals surface area contributed by atoms with Crippen LogP contribution in [0.1, 0.15) is 5.56 Å². The number of nitrogens with zero attached hydrogens (tertiary/aromatic N) is 3. The fraction of sp³-hybridized carbons (Fsp3) is 0. The van der Waals surface area contributed by atoms with Gasteiger partial charge in [0.25, 0.3) is 0 Å². The minimum atomic E-state index is -0.219. The average molecular weight is 415 g/mol. The van der Waals surface area contributed by atoms with Crippen LogP contribution >= 0.6 is 22.9 Å². The number of thiazole rings is 1. The van der Waals surface area contributed by atoms with Gasteiger partial charge in [0.05, 0.1) is 38.1 Å². The van der Waals surface area contributed by atoms with Crippen LogP contribution in [-0.2, 0) is 0 Å². The van der Waals surface area contributed by atoms with Gasteiger partial charge in [-0.2, -0.15) is 5.26 Å². The fourth-order valence-electron chi connectivity index (χ4n) is 3.34. The molecule has 0 saturated heterocycles. The predicted molar refractivity (Wildman–Crippen MR) is 116 cm³/mol. The molecule has 0 unspecified atom stereocenters. The summed E-state index contributed by atoms with van der Waals surface area (Å²) in [6.45, 7) is 0. The maximum Gasteiger partial charge on any atom is 0.249 e. The van der Waals surface area contributed by atoms with E-state index >= 15 is 0 Å². The molecule has 0 aliphatic rings. The molecule has 5 aromatic rings. The molecule has 0 saturated carbocycles. The van der Waals surface area contributed by atoms with E-state index in [0.29, 0.717) is 21.9 Å². The number of rotatable bonds is 2. The lowest BCUT2D eigenvalue weighted by molar-refractivity contribution is 1.23. The molecule has 1 N–H and O–H groups in total. The van der Waals surface area contributed by atoms with E-state index in [2.05, 4.69) is 16.0 Å². The maximum absolute atomic E-state index is 11.8. The van der Waals surface area contributed by atoms with Crippen LogP contribution in [0.5, 0.6) is 0 Å². The molecule has 3 aromatic heterocycles. The summed E-state index contributed by atoms with van der Waals surface area (Å²) in [5.74, 6) is 0. The summed E-state index contributed by atoms with van der Waals surface area (Å²) in [7, 11) is 0. The zero-order valence-corrected chi connectivity index (χ0v) is 16.4. The first-order valence-corrected chi connectivity index (χ1v) is 9.96. The van der Waals surface area contributed by atoms with Gasteiger partial charge in [0.15, 0.2) is 0 Å². The monoisotopic (exact) mass is 414 g/mol. The highest BCUT2D eigenvalue weighted by Gasteiger charge is 2.15. The van der Waals surface area contributed by atoms with Gasteiger partial charge in [-0.15, -0.1) is 11.3 Å². The van der Waals surface area contributed by atoms with E-state index in [0.717, 1.165) is 32.3 Å². The van der Waals surface area contributed by atoms with E-state index in [1.54, 1.807) is 23.7 Å². The number of hydrogen-bond donors (Lipinski definition) is 1. The Balaban J connectivity index is 1.85. The van der Waals surface area contributed by atoms with E-state index in [1.165, 1.54) is 17.4 Å². The van der Waals surface area contributed by atoms with Crippen LogP contribution in [0.4, 0.5) is 0 Å². The quantitative estimate of drug-likeness (QED) is 0.419. The molecule has 7 heteroatoms. The van der Waals surface area contributed by atoms with Gasteiger partial charge in [-0.3, -0.25) is 4.79 Å². The Morgan fingerprint density at radius 2 is 1.97 bits per heavy atom. The van der Waals surface area contributed by atoms with Crippen LogP contribution in [-0.4, -0.2) is 15.0 Å². The molecule has 0 radical (unpaired) electrons. The SMILES string of the molecule is N#Cc1cccc(-c2nc3[nH]c(=O)ccc3cc2-c2cc(Cl)c3ncsc3c2)c1. The third-order valence-corrected chi connectivity index (χ3v) is 5.74. The highest BCUT2D eigenvalue weighted by Crippen LogP contribution is 2.37. The van der Waals surface area contributed by atoms with Gasteiger partial charge in [-0.25, -0.2) is 9.97 Å². The second-order valence-corrected chi connectivity index (χ2v) is 7.79. The third-order valence-electron chi connectivity index (χ3n) is 4.67. The summed E-state index contributed by atoms with van der Waals surface area (Å²) in [5, 5.41) is 10.7. The molecule has 138 valence electrons. The predicted octanol–water partition coefficient (Wildman–Crippen LogP) is 5.39. The van der Waals surface area contributed by atoms with Gasteiger partial charge in [0.1, 0.15) is 5.65 Å². The van der Waals surface area contributed by atoms with Crippen molar-refractivity contribution >= 4 is 44.2 Å². The Kier molecular flexibility index (Phi) is 4.13. The summed E-state index contributed by atoms with van der Waals surface area (Å²) in [5.41, 5.74) is 6.54. The number of nitrogens with one attached hydrogen (secondary N) is 1. The second kappa shape index (κ2) is 6.82. The van der Waals surface area contributed by atoms with Crippen LogP contribution in [0.25, 0.3) is 43.6 Å². The van der Waals surface area contributed by atoms with Crippen LogP contribution in [0.15, 0.2) is 64.9 Å². The van der Waals surface area contributed by atoms with Gasteiger partial charge >= 0.3 is 0 Å². The van der Waals surface area contributed by atoms with Crippen molar-refractivity contribution in [3.05, 3.63) is 81.0 Å². The van der Waals surface area contributed by atoms with Crippen molar-refractivity contribution in [3.8, 4) is 28.5 Å². The summed E-state index contributed by atoms with van der Waals surface area (Å²) in [6.07, 6.45) is 0. The number of aromatic amines is 1. The summed E-state index contributed by atoms with van der Waals surface area (Å²) in [4.78, 5) is 23.6. The Morgan fingerprint density at radius 3 is 2.83 bits per heavy atom. The zero-order chi connectivity index (χ0) is 20.0. The lowest BCUT2D eigenvalue weighted by Crippen LogP contribution is -2.04. The lowest BCUT2D eigenvalue weighted by atomic mass is 9.97. The van der Waals surface area contributed by atoms with Crippen molar-refractivity contribution in [3.63, 3.8) is 0 Å². The van der Waals surface area contributed by atoms with Gasteiger partial charge < -0.3 is 4.98 Å². The van der Waals surface area contributed by atoms with Crippen molar-refractivity contribution < 1.29 is 0 Å². The molecular formula is C22H11ClN4OS. The molecule has 0 spiro atoms. The average Bonchev–Trinajstić information content (AvgIpc) is 3.22. The lowest BCUT2D eigenvalue weighted by Gasteiger charge is -2.12. The third kappa shape index (κ3) is 3.07. The first-order valence-electron chi connectivity index (χ1n) is 8.70. The molecule has 5 rings (SSSR count). The van der Waals surface area contributed by atoms with Crippen LogP contribution in [0, 0.1) is 11.3 Å². The Morgan fingerprint density at radius 1 is 1.07 bits per heavy atom. The van der Waals surface area contributed by atoms with E-state index in [9.17, 15) is 10.1 Å². The minimum absolute atomic E-state index is 0.219. The maximum atomic E-state index is 11.8. The summed E-state index contributed by atoms with van der Waals surface area (Å²) in [6, 6.07) is 18.5. The number of nitriles is 1. The summed E-state index contributed by atoms with van der Waals surface area (Å²) < 4.78 is 0.978. The first-order chi connectivity index (χ1) is 14.1. The molecule has 5 nitrogen and oxygen atoms in total. The highest BCUT2D eigenvalue weighted by atomic mass is 35.5. The largest absolute Gasteiger partial charge is 0.307 e. The number of benzene rings is 2. The second-order valence-electron chi connectivity index (χ2n) is 6.49. The number of pyridine rings is 2. The van der Waals surface area contributed by atoms with Gasteiger partial charge in [-0.1, -0.05) is 23.7 Å². The molecule has 0 aliphatic carbocycles. The van der Waals surface area contributed by atoms with Gasteiger partial charge in [0.2, 0.25) is 5.56 Å². The van der Waals surface area contributed by atoms with Crippen molar-refractivity contribution in [2.24, 2.45) is 0 Å². The normalized spacial score (nSPS) is 11.0. The van der Waals surface area contributed by atoms with Crippen molar-refractivity contribution in [2.75, 3.05) is 0 Å². The molecule has 0 bridgehead atoms. The number of fused-ring (bicyclic) bond motifs is 2. The Labute approximate surface area is 173 Å². The van der Waals surface area contributed by atoms with E-state index in [4.69, 9.17) is 16.6 Å². The smallest absolute Gasteiger partial charge is 0.249 e. The zero-order valence-electron chi connectivity index (χ0n) is 14.8. The van der Waals surface area contributed by atoms with Gasteiger partial charge in [0, 0.05) is 22.6 Å². The highest BCUT2D eigenvalue weighted by molar-refractivity contribution is 7.16. The van der Waals surface area contributed by atoms with Crippen molar-refractivity contribution in [2.45, 2.75) is 0 Å². The van der Waals surface area contributed by atoms with E-state index in [-0.39, 0.29) is 5.56 Å². The minimum Gasteiger partial charge on any atom is -0.307 e. The van der Waals surface area contributed by atoms with Crippen molar-refractivity contribution in [1.29, 1.82) is 5.26 Å². The standard InChI is InChI=1S/C22H11ClN4OS/c23-17-8-15(9-18-21(17)25-11-29-18)16-7-14-4-5-19(28)26-22(14)27-20(16)13-3-1-2-12(6-13)10-24/h1-9,11H,(H,26,27,28). The number of hydrogen-bond acceptors (Lipinski definition) is 5. The Hall–Kier alpha value is -3.53. The van der Waals surface area contributed by atoms with Crippen molar-refractivity contribution in [1.82, 2.24) is 15.0 Å². The van der Waals surface area contributed by atoms with Crippen LogP contribution in [0.2, 0.25) is 5.02 Å². The molecule has 29 heavy (non-hydrogen) atoms. The molecule has 0 fully saturated rings. The molecule has 2 aromatic carbocycles. The number of aromatic nitrogens is 3. The molecule has 0 amide bonds. The molecule has 0 atom stereocenters. The van der Waals surface area contributed by atoms with E-state index in [1.807, 2.05) is 30.3 Å². The van der Waals surface area contributed by atoms with Gasteiger partial charge in [-0.05, 0) is 42.0 Å². The van der Waals surface area contributed by atoms with E-state index < -0.39 is 0 Å². The van der Waals surface area contributed by atoms with Crippen LogP contribution in [0.3, 0.4) is 0 Å². The van der Waals surface area contributed by atoms with Crippen LogP contribution < -0.4 is 5.56 Å². The summed E-state index contributed by atoms with van der Waals surface area (Å²) >= 11 is 7.99. The fourth-order valence-corrected chi connectivity index (χ4v) is 4.40. The molecule has 3 heterocycles.